The van der Waals surface area contributed by atoms with E-state index in [1.807, 2.05) is 36.4 Å². The van der Waals surface area contributed by atoms with Crippen molar-refractivity contribution < 1.29 is 0 Å². The Morgan fingerprint density at radius 3 is 2.36 bits per heavy atom. The summed E-state index contributed by atoms with van der Waals surface area (Å²) in [5.41, 5.74) is 2.23. The predicted molar refractivity (Wildman–Crippen MR) is 98.7 cm³/mol. The second-order valence-electron chi connectivity index (χ2n) is 6.21. The molecule has 2 aromatic carbocycles. The molecular weight excluding hydrogens is 328 g/mol. The van der Waals surface area contributed by atoms with Gasteiger partial charge in [-0.3, -0.25) is 4.57 Å². The lowest BCUT2D eigenvalue weighted by Crippen LogP contribution is -2.07. The van der Waals surface area contributed by atoms with Crippen molar-refractivity contribution in [2.45, 2.75) is 35.6 Å². The van der Waals surface area contributed by atoms with Crippen LogP contribution in [0.15, 0.2) is 65.8 Å². The van der Waals surface area contributed by atoms with Gasteiger partial charge in [0.05, 0.1) is 6.07 Å². The number of hydrogen-bond donors (Lipinski definition) is 0. The first-order chi connectivity index (χ1) is 12.3. The van der Waals surface area contributed by atoms with Gasteiger partial charge in [-0.2, -0.15) is 5.26 Å². The molecule has 0 spiro atoms. The fourth-order valence-corrected chi connectivity index (χ4v) is 3.83. The van der Waals surface area contributed by atoms with Gasteiger partial charge in [-0.15, -0.1) is 10.2 Å². The Morgan fingerprint density at radius 1 is 1.04 bits per heavy atom. The van der Waals surface area contributed by atoms with E-state index in [2.05, 4.69) is 45.1 Å². The molecule has 1 heterocycles. The Balaban J connectivity index is 1.63. The Hall–Kier alpha value is -2.58. The molecular formula is C20H18N4S. The van der Waals surface area contributed by atoms with Gasteiger partial charge in [0.2, 0.25) is 0 Å². The molecule has 1 atom stereocenters. The van der Waals surface area contributed by atoms with Crippen LogP contribution >= 0.6 is 11.8 Å². The highest BCUT2D eigenvalue weighted by Crippen LogP contribution is 2.41. The minimum absolute atomic E-state index is 0.193. The maximum absolute atomic E-state index is 9.61. The summed E-state index contributed by atoms with van der Waals surface area (Å²) in [6.45, 7) is 0. The highest BCUT2D eigenvalue weighted by molar-refractivity contribution is 8.00. The lowest BCUT2D eigenvalue weighted by molar-refractivity contribution is 0.826. The average molecular weight is 346 g/mol. The third kappa shape index (κ3) is 3.59. The first-order valence-corrected chi connectivity index (χ1v) is 9.34. The van der Waals surface area contributed by atoms with Crippen molar-refractivity contribution in [1.29, 1.82) is 5.26 Å². The second kappa shape index (κ2) is 7.12. The van der Waals surface area contributed by atoms with Crippen molar-refractivity contribution in [1.82, 2.24) is 14.8 Å². The molecule has 0 N–H and O–H groups in total. The van der Waals surface area contributed by atoms with Crippen molar-refractivity contribution in [3.05, 3.63) is 72.1 Å². The lowest BCUT2D eigenvalue weighted by Gasteiger charge is -2.12. The third-order valence-electron chi connectivity index (χ3n) is 4.27. The minimum atomic E-state index is -0.193. The van der Waals surface area contributed by atoms with Gasteiger partial charge < -0.3 is 0 Å². The number of hydrogen-bond acceptors (Lipinski definition) is 4. The van der Waals surface area contributed by atoms with E-state index in [-0.39, 0.29) is 5.25 Å². The summed E-state index contributed by atoms with van der Waals surface area (Å²) in [7, 11) is 0. The van der Waals surface area contributed by atoms with Gasteiger partial charge in [0.25, 0.3) is 0 Å². The van der Waals surface area contributed by atoms with E-state index in [1.54, 1.807) is 0 Å². The molecule has 1 fully saturated rings. The summed E-state index contributed by atoms with van der Waals surface area (Å²) < 4.78 is 2.12. The molecule has 1 saturated carbocycles. The Kier molecular flexibility index (Phi) is 4.53. The van der Waals surface area contributed by atoms with E-state index in [9.17, 15) is 5.26 Å². The maximum Gasteiger partial charge on any atom is 0.197 e. The lowest BCUT2D eigenvalue weighted by atomic mass is 10.1. The number of thioether (sulfide) groups is 1. The maximum atomic E-state index is 9.61. The van der Waals surface area contributed by atoms with Crippen LogP contribution in [0.4, 0.5) is 0 Å². The van der Waals surface area contributed by atoms with Crippen LogP contribution in [0.3, 0.4) is 0 Å². The third-order valence-corrected chi connectivity index (χ3v) is 5.30. The summed E-state index contributed by atoms with van der Waals surface area (Å²) >= 11 is 1.50. The monoisotopic (exact) mass is 346 g/mol. The molecule has 0 saturated heterocycles. The van der Waals surface area contributed by atoms with Crippen LogP contribution in [0, 0.1) is 11.3 Å². The highest BCUT2D eigenvalue weighted by Gasteiger charge is 2.31. The SMILES string of the molecule is N#CC(Cc1ccccc1)Sc1nnc(C2CC2)n1-c1ccccc1. The second-order valence-corrected chi connectivity index (χ2v) is 7.38. The van der Waals surface area contributed by atoms with Crippen molar-refractivity contribution >= 4 is 11.8 Å². The number of benzene rings is 2. The molecule has 25 heavy (non-hydrogen) atoms. The van der Waals surface area contributed by atoms with E-state index in [1.165, 1.54) is 24.6 Å². The fourth-order valence-electron chi connectivity index (χ4n) is 2.85. The predicted octanol–water partition coefficient (Wildman–Crippen LogP) is 4.37. The quantitative estimate of drug-likeness (QED) is 0.622. The number of para-hydroxylation sites is 1. The van der Waals surface area contributed by atoms with E-state index >= 15 is 0 Å². The minimum Gasteiger partial charge on any atom is -0.274 e. The van der Waals surface area contributed by atoms with Crippen molar-refractivity contribution in [3.63, 3.8) is 0 Å². The zero-order valence-corrected chi connectivity index (χ0v) is 14.6. The van der Waals surface area contributed by atoms with Crippen LogP contribution in [0.1, 0.15) is 30.1 Å². The van der Waals surface area contributed by atoms with E-state index in [0.29, 0.717) is 12.3 Å². The van der Waals surface area contributed by atoms with Gasteiger partial charge in [0.1, 0.15) is 11.1 Å². The molecule has 5 heteroatoms. The number of nitriles is 1. The van der Waals surface area contributed by atoms with Crippen molar-refractivity contribution in [2.75, 3.05) is 0 Å². The molecule has 0 amide bonds. The molecule has 1 aromatic heterocycles. The van der Waals surface area contributed by atoms with E-state index < -0.39 is 0 Å². The Morgan fingerprint density at radius 2 is 1.72 bits per heavy atom. The molecule has 0 bridgehead atoms. The van der Waals surface area contributed by atoms with E-state index in [4.69, 9.17) is 0 Å². The summed E-state index contributed by atoms with van der Waals surface area (Å²) in [4.78, 5) is 0. The molecule has 1 aliphatic carbocycles. The zero-order valence-electron chi connectivity index (χ0n) is 13.7. The first kappa shape index (κ1) is 15.9. The smallest absolute Gasteiger partial charge is 0.197 e. The summed E-state index contributed by atoms with van der Waals surface area (Å²) in [6.07, 6.45) is 3.03. The van der Waals surface area contributed by atoms with E-state index in [0.717, 1.165) is 22.2 Å². The number of rotatable bonds is 6. The molecule has 124 valence electrons. The zero-order chi connectivity index (χ0) is 17.1. The van der Waals surface area contributed by atoms with Gasteiger partial charge >= 0.3 is 0 Å². The number of aromatic nitrogens is 3. The average Bonchev–Trinajstić information content (AvgIpc) is 3.43. The van der Waals surface area contributed by atoms with Crippen LogP contribution in [-0.2, 0) is 6.42 Å². The van der Waals surface area contributed by atoms with Crippen LogP contribution in [0.5, 0.6) is 0 Å². The van der Waals surface area contributed by atoms with Gasteiger partial charge in [0, 0.05) is 11.6 Å². The molecule has 0 radical (unpaired) electrons. The molecule has 4 nitrogen and oxygen atoms in total. The molecule has 3 aromatic rings. The standard InChI is InChI=1S/C20H18N4S/c21-14-18(13-15-7-3-1-4-8-15)25-20-23-22-19(16-11-12-16)24(20)17-9-5-2-6-10-17/h1-10,16,18H,11-13H2. The highest BCUT2D eigenvalue weighted by atomic mass is 32.2. The summed E-state index contributed by atoms with van der Waals surface area (Å²) in [5.74, 6) is 1.52. The molecule has 0 aliphatic heterocycles. The molecule has 4 rings (SSSR count). The largest absolute Gasteiger partial charge is 0.274 e. The van der Waals surface area contributed by atoms with Crippen LogP contribution in [-0.4, -0.2) is 20.0 Å². The van der Waals surface area contributed by atoms with Crippen LogP contribution < -0.4 is 0 Å². The van der Waals surface area contributed by atoms with Gasteiger partial charge in [-0.05, 0) is 37.0 Å². The van der Waals surface area contributed by atoms with Crippen LogP contribution in [0.2, 0.25) is 0 Å². The molecule has 1 unspecified atom stereocenters. The van der Waals surface area contributed by atoms with Gasteiger partial charge in [-0.25, -0.2) is 0 Å². The molecule has 1 aliphatic rings. The Bertz CT molecular complexity index is 879. The van der Waals surface area contributed by atoms with Crippen molar-refractivity contribution in [2.24, 2.45) is 0 Å². The van der Waals surface area contributed by atoms with Crippen LogP contribution in [0.25, 0.3) is 5.69 Å². The first-order valence-electron chi connectivity index (χ1n) is 8.46. The van der Waals surface area contributed by atoms with Gasteiger partial charge in [0.15, 0.2) is 5.16 Å². The Labute approximate surface area is 151 Å². The topological polar surface area (TPSA) is 54.5 Å². The summed E-state index contributed by atoms with van der Waals surface area (Å²) in [5, 5.41) is 19.1. The normalized spacial score (nSPS) is 14.8. The fraction of sp³-hybridized carbons (Fsp3) is 0.250. The number of nitrogens with zero attached hydrogens (tertiary/aromatic N) is 4. The summed E-state index contributed by atoms with van der Waals surface area (Å²) in [6, 6.07) is 22.7. The van der Waals surface area contributed by atoms with Gasteiger partial charge in [-0.1, -0.05) is 60.3 Å². The van der Waals surface area contributed by atoms with Crippen molar-refractivity contribution in [3.8, 4) is 11.8 Å².